The smallest absolute Gasteiger partial charge is 0.00965 e. The van der Waals surface area contributed by atoms with E-state index in [2.05, 4.69) is 11.8 Å². The highest BCUT2D eigenvalue weighted by Crippen LogP contribution is 2.31. The standard InChI is InChI=1S/C8H15N/c1-7-4-5-9(6-7)8-2-3-8/h7-8H,2-6H2,1H3/t7-/m1/s1. The first kappa shape index (κ1) is 5.72. The second-order valence-corrected chi connectivity index (χ2v) is 3.62. The normalized spacial score (nSPS) is 37.7. The van der Waals surface area contributed by atoms with Gasteiger partial charge in [0, 0.05) is 12.6 Å². The van der Waals surface area contributed by atoms with Crippen LogP contribution in [0.15, 0.2) is 0 Å². The van der Waals surface area contributed by atoms with Crippen molar-refractivity contribution in [2.24, 2.45) is 5.92 Å². The molecule has 1 atom stereocenters. The number of hydrogen-bond donors (Lipinski definition) is 0. The van der Waals surface area contributed by atoms with Crippen LogP contribution in [0.3, 0.4) is 0 Å². The molecule has 0 unspecified atom stereocenters. The monoisotopic (exact) mass is 125 g/mol. The predicted octanol–water partition coefficient (Wildman–Crippen LogP) is 1.49. The Morgan fingerprint density at radius 3 is 2.44 bits per heavy atom. The summed E-state index contributed by atoms with van der Waals surface area (Å²) >= 11 is 0. The molecule has 2 aliphatic rings. The van der Waals surface area contributed by atoms with E-state index in [1.165, 1.54) is 32.4 Å². The SMILES string of the molecule is C[C@@H]1CCN(C2CC2)C1. The van der Waals surface area contributed by atoms with Gasteiger partial charge in [-0.2, -0.15) is 0 Å². The molecule has 0 spiro atoms. The fourth-order valence-corrected chi connectivity index (χ4v) is 1.74. The highest BCUT2D eigenvalue weighted by Gasteiger charge is 2.32. The van der Waals surface area contributed by atoms with Crippen LogP contribution in [0.4, 0.5) is 0 Å². The van der Waals surface area contributed by atoms with Crippen molar-refractivity contribution in [1.29, 1.82) is 0 Å². The molecule has 9 heavy (non-hydrogen) atoms. The molecule has 1 saturated heterocycles. The van der Waals surface area contributed by atoms with Crippen molar-refractivity contribution in [2.45, 2.75) is 32.2 Å². The molecule has 0 radical (unpaired) electrons. The van der Waals surface area contributed by atoms with Gasteiger partial charge < -0.3 is 4.90 Å². The molecule has 2 fully saturated rings. The van der Waals surface area contributed by atoms with Gasteiger partial charge in [-0.25, -0.2) is 0 Å². The first-order valence-electron chi connectivity index (χ1n) is 4.10. The van der Waals surface area contributed by atoms with Gasteiger partial charge in [-0.15, -0.1) is 0 Å². The van der Waals surface area contributed by atoms with Crippen LogP contribution in [0.25, 0.3) is 0 Å². The number of likely N-dealkylation sites (tertiary alicyclic amines) is 1. The van der Waals surface area contributed by atoms with Crippen LogP contribution in [0.2, 0.25) is 0 Å². The summed E-state index contributed by atoms with van der Waals surface area (Å²) in [6, 6.07) is 1.01. The molecule has 52 valence electrons. The lowest BCUT2D eigenvalue weighted by Crippen LogP contribution is -2.22. The van der Waals surface area contributed by atoms with Gasteiger partial charge in [0.2, 0.25) is 0 Å². The Balaban J connectivity index is 1.86. The third-order valence-corrected chi connectivity index (χ3v) is 2.52. The predicted molar refractivity (Wildman–Crippen MR) is 38.4 cm³/mol. The summed E-state index contributed by atoms with van der Waals surface area (Å²) in [5.41, 5.74) is 0. The first-order chi connectivity index (χ1) is 4.36. The molecule has 1 aliphatic heterocycles. The molecule has 1 nitrogen and oxygen atoms in total. The van der Waals surface area contributed by atoms with Gasteiger partial charge >= 0.3 is 0 Å². The van der Waals surface area contributed by atoms with E-state index in [0.717, 1.165) is 12.0 Å². The Labute approximate surface area is 57.0 Å². The molecule has 2 rings (SSSR count). The minimum Gasteiger partial charge on any atom is -0.300 e. The highest BCUT2D eigenvalue weighted by atomic mass is 15.2. The number of rotatable bonds is 1. The third kappa shape index (κ3) is 1.11. The van der Waals surface area contributed by atoms with E-state index < -0.39 is 0 Å². The average molecular weight is 125 g/mol. The maximum absolute atomic E-state index is 2.66. The second-order valence-electron chi connectivity index (χ2n) is 3.62. The lowest BCUT2D eigenvalue weighted by Gasteiger charge is -2.12. The van der Waals surface area contributed by atoms with E-state index in [9.17, 15) is 0 Å². The van der Waals surface area contributed by atoms with Crippen molar-refractivity contribution >= 4 is 0 Å². The quantitative estimate of drug-likeness (QED) is 0.513. The minimum atomic E-state index is 0.977. The van der Waals surface area contributed by atoms with E-state index in [0.29, 0.717) is 0 Å². The molecule has 1 saturated carbocycles. The van der Waals surface area contributed by atoms with Crippen molar-refractivity contribution in [3.05, 3.63) is 0 Å². The molecular weight excluding hydrogens is 110 g/mol. The Morgan fingerprint density at radius 2 is 2.00 bits per heavy atom. The van der Waals surface area contributed by atoms with Crippen molar-refractivity contribution < 1.29 is 0 Å². The Kier molecular flexibility index (Phi) is 1.26. The molecule has 1 aliphatic carbocycles. The molecule has 0 bridgehead atoms. The number of hydrogen-bond acceptors (Lipinski definition) is 1. The summed E-state index contributed by atoms with van der Waals surface area (Å²) in [5, 5.41) is 0. The van der Waals surface area contributed by atoms with Crippen LogP contribution in [0.5, 0.6) is 0 Å². The van der Waals surface area contributed by atoms with Crippen LogP contribution in [-0.4, -0.2) is 24.0 Å². The molecule has 0 amide bonds. The van der Waals surface area contributed by atoms with Gasteiger partial charge in [0.25, 0.3) is 0 Å². The Morgan fingerprint density at radius 1 is 1.22 bits per heavy atom. The van der Waals surface area contributed by atoms with E-state index in [1.807, 2.05) is 0 Å². The Hall–Kier alpha value is -0.0400. The van der Waals surface area contributed by atoms with Crippen molar-refractivity contribution in [3.63, 3.8) is 0 Å². The van der Waals surface area contributed by atoms with Crippen molar-refractivity contribution in [3.8, 4) is 0 Å². The van der Waals surface area contributed by atoms with Crippen molar-refractivity contribution in [2.75, 3.05) is 13.1 Å². The zero-order valence-corrected chi connectivity index (χ0v) is 6.14. The van der Waals surface area contributed by atoms with Gasteiger partial charge in [0.1, 0.15) is 0 Å². The molecule has 1 heterocycles. The number of nitrogens with zero attached hydrogens (tertiary/aromatic N) is 1. The van der Waals surface area contributed by atoms with Crippen LogP contribution in [0.1, 0.15) is 26.2 Å². The molecule has 1 heteroatoms. The summed E-state index contributed by atoms with van der Waals surface area (Å²) < 4.78 is 0. The van der Waals surface area contributed by atoms with Crippen LogP contribution >= 0.6 is 0 Å². The molecule has 0 aromatic rings. The minimum absolute atomic E-state index is 0.977. The van der Waals surface area contributed by atoms with Crippen LogP contribution < -0.4 is 0 Å². The lowest BCUT2D eigenvalue weighted by atomic mass is 10.2. The molecule has 0 aromatic carbocycles. The van der Waals surface area contributed by atoms with Crippen LogP contribution in [-0.2, 0) is 0 Å². The lowest BCUT2D eigenvalue weighted by molar-refractivity contribution is 0.318. The summed E-state index contributed by atoms with van der Waals surface area (Å²) in [6.07, 6.45) is 4.40. The van der Waals surface area contributed by atoms with Crippen molar-refractivity contribution in [1.82, 2.24) is 4.90 Å². The summed E-state index contributed by atoms with van der Waals surface area (Å²) in [7, 11) is 0. The fraction of sp³-hybridized carbons (Fsp3) is 1.00. The largest absolute Gasteiger partial charge is 0.300 e. The summed E-state index contributed by atoms with van der Waals surface area (Å²) in [6.45, 7) is 5.12. The third-order valence-electron chi connectivity index (χ3n) is 2.52. The zero-order valence-electron chi connectivity index (χ0n) is 6.14. The van der Waals surface area contributed by atoms with E-state index in [4.69, 9.17) is 0 Å². The molecule has 0 aromatic heterocycles. The fourth-order valence-electron chi connectivity index (χ4n) is 1.74. The van der Waals surface area contributed by atoms with Gasteiger partial charge in [0.05, 0.1) is 0 Å². The highest BCUT2D eigenvalue weighted by molar-refractivity contribution is 4.88. The second kappa shape index (κ2) is 1.98. The topological polar surface area (TPSA) is 3.24 Å². The summed E-state index contributed by atoms with van der Waals surface area (Å²) in [4.78, 5) is 2.66. The van der Waals surface area contributed by atoms with E-state index in [1.54, 1.807) is 0 Å². The van der Waals surface area contributed by atoms with Gasteiger partial charge in [0.15, 0.2) is 0 Å². The van der Waals surface area contributed by atoms with Gasteiger partial charge in [-0.1, -0.05) is 6.92 Å². The maximum Gasteiger partial charge on any atom is 0.00965 e. The molecular formula is C8H15N. The van der Waals surface area contributed by atoms with Gasteiger partial charge in [-0.3, -0.25) is 0 Å². The zero-order chi connectivity index (χ0) is 6.27. The average Bonchev–Trinajstić information content (AvgIpc) is 2.58. The van der Waals surface area contributed by atoms with E-state index in [-0.39, 0.29) is 0 Å². The van der Waals surface area contributed by atoms with Crippen LogP contribution in [0, 0.1) is 5.92 Å². The first-order valence-corrected chi connectivity index (χ1v) is 4.10. The Bertz CT molecular complexity index is 107. The molecule has 0 N–H and O–H groups in total. The van der Waals surface area contributed by atoms with E-state index >= 15 is 0 Å². The summed E-state index contributed by atoms with van der Waals surface area (Å²) in [5.74, 6) is 0.977. The van der Waals surface area contributed by atoms with Gasteiger partial charge in [-0.05, 0) is 31.7 Å². The maximum atomic E-state index is 2.66.